The van der Waals surface area contributed by atoms with Crippen molar-refractivity contribution < 1.29 is 19.1 Å². The second-order valence-electron chi connectivity index (χ2n) is 2.50. The molecule has 0 atom stereocenters. The van der Waals surface area contributed by atoms with Crippen LogP contribution in [-0.2, 0) is 14.3 Å². The van der Waals surface area contributed by atoms with Crippen molar-refractivity contribution >= 4 is 12.0 Å². The first-order valence-corrected chi connectivity index (χ1v) is 4.28. The van der Waals surface area contributed by atoms with Crippen LogP contribution in [-0.4, -0.2) is 45.9 Å². The molecule has 0 aliphatic carbocycles. The summed E-state index contributed by atoms with van der Waals surface area (Å²) >= 11 is 0. The Morgan fingerprint density at radius 1 is 1.14 bits per heavy atom. The molecule has 0 aliphatic heterocycles. The van der Waals surface area contributed by atoms with E-state index < -0.39 is 0 Å². The van der Waals surface area contributed by atoms with Crippen molar-refractivity contribution in [1.29, 1.82) is 0 Å². The second kappa shape index (κ2) is 8.31. The Kier molecular flexibility index (Phi) is 7.53. The standard InChI is InChI=1S/C8H16N2O4/c1-13-6-5-10-8(12)9-4-3-7(11)14-2/h3-6H2,1-2H3,(H2,9,10,12). The minimum absolute atomic E-state index is 0.175. The van der Waals surface area contributed by atoms with Crippen molar-refractivity contribution in [3.8, 4) is 0 Å². The van der Waals surface area contributed by atoms with Gasteiger partial charge in [0.15, 0.2) is 0 Å². The fraction of sp³-hybridized carbons (Fsp3) is 0.750. The molecule has 0 radical (unpaired) electrons. The van der Waals surface area contributed by atoms with Crippen LogP contribution in [0.2, 0.25) is 0 Å². The van der Waals surface area contributed by atoms with Crippen molar-refractivity contribution in [3.63, 3.8) is 0 Å². The summed E-state index contributed by atoms with van der Waals surface area (Å²) in [6, 6.07) is -0.314. The van der Waals surface area contributed by atoms with E-state index >= 15 is 0 Å². The molecule has 6 heteroatoms. The van der Waals surface area contributed by atoms with Gasteiger partial charge in [-0.25, -0.2) is 4.79 Å². The fourth-order valence-electron chi connectivity index (χ4n) is 0.709. The lowest BCUT2D eigenvalue weighted by Crippen LogP contribution is -2.38. The summed E-state index contributed by atoms with van der Waals surface area (Å²) < 4.78 is 9.14. The van der Waals surface area contributed by atoms with E-state index in [4.69, 9.17) is 4.74 Å². The van der Waals surface area contributed by atoms with Gasteiger partial charge in [0.05, 0.1) is 20.1 Å². The Balaban J connectivity index is 3.31. The Labute approximate surface area is 82.9 Å². The smallest absolute Gasteiger partial charge is 0.314 e. The van der Waals surface area contributed by atoms with E-state index in [-0.39, 0.29) is 25.0 Å². The van der Waals surface area contributed by atoms with Gasteiger partial charge in [-0.15, -0.1) is 0 Å². The summed E-state index contributed by atoms with van der Waals surface area (Å²) in [5.41, 5.74) is 0. The zero-order valence-electron chi connectivity index (χ0n) is 8.46. The first-order chi connectivity index (χ1) is 6.70. The molecule has 82 valence electrons. The van der Waals surface area contributed by atoms with Crippen molar-refractivity contribution in [3.05, 3.63) is 0 Å². The van der Waals surface area contributed by atoms with E-state index in [2.05, 4.69) is 15.4 Å². The highest BCUT2D eigenvalue weighted by atomic mass is 16.5. The number of ether oxygens (including phenoxy) is 2. The Morgan fingerprint density at radius 3 is 2.36 bits per heavy atom. The molecule has 0 spiro atoms. The molecule has 0 fully saturated rings. The van der Waals surface area contributed by atoms with E-state index in [0.29, 0.717) is 13.2 Å². The number of hydrogen-bond donors (Lipinski definition) is 2. The van der Waals surface area contributed by atoms with Crippen molar-refractivity contribution in [2.45, 2.75) is 6.42 Å². The van der Waals surface area contributed by atoms with Crippen molar-refractivity contribution in [2.24, 2.45) is 0 Å². The van der Waals surface area contributed by atoms with Crippen LogP contribution in [0.1, 0.15) is 6.42 Å². The molecule has 0 aromatic heterocycles. The van der Waals surface area contributed by atoms with Crippen LogP contribution in [0.25, 0.3) is 0 Å². The molecule has 14 heavy (non-hydrogen) atoms. The summed E-state index contributed by atoms with van der Waals surface area (Å²) in [6.45, 7) is 1.18. The number of methoxy groups -OCH3 is 2. The average molecular weight is 204 g/mol. The van der Waals surface area contributed by atoms with Gasteiger partial charge >= 0.3 is 12.0 Å². The average Bonchev–Trinajstić information content (AvgIpc) is 2.18. The third-order valence-corrected chi connectivity index (χ3v) is 1.43. The minimum Gasteiger partial charge on any atom is -0.469 e. The van der Waals surface area contributed by atoms with Gasteiger partial charge in [-0.1, -0.05) is 0 Å². The van der Waals surface area contributed by atoms with E-state index in [1.54, 1.807) is 7.11 Å². The number of urea groups is 1. The van der Waals surface area contributed by atoms with Crippen LogP contribution in [0.4, 0.5) is 4.79 Å². The lowest BCUT2D eigenvalue weighted by molar-refractivity contribution is -0.140. The Bertz CT molecular complexity index is 184. The maximum atomic E-state index is 11.0. The molecular formula is C8H16N2O4. The number of esters is 1. The van der Waals surface area contributed by atoms with E-state index in [1.807, 2.05) is 0 Å². The number of carbonyl (C=O) groups is 2. The van der Waals surface area contributed by atoms with Crippen LogP contribution < -0.4 is 10.6 Å². The highest BCUT2D eigenvalue weighted by molar-refractivity contribution is 5.75. The van der Waals surface area contributed by atoms with Crippen molar-refractivity contribution in [1.82, 2.24) is 10.6 Å². The molecule has 0 saturated heterocycles. The van der Waals surface area contributed by atoms with E-state index in [0.717, 1.165) is 0 Å². The quantitative estimate of drug-likeness (QED) is 0.451. The van der Waals surface area contributed by atoms with E-state index in [9.17, 15) is 9.59 Å². The van der Waals surface area contributed by atoms with Gasteiger partial charge in [-0.2, -0.15) is 0 Å². The zero-order chi connectivity index (χ0) is 10.8. The highest BCUT2D eigenvalue weighted by Crippen LogP contribution is 1.80. The first kappa shape index (κ1) is 12.7. The second-order valence-corrected chi connectivity index (χ2v) is 2.50. The van der Waals surface area contributed by atoms with Crippen LogP contribution >= 0.6 is 0 Å². The predicted octanol–water partition coefficient (Wildman–Crippen LogP) is -0.505. The number of nitrogens with one attached hydrogen (secondary N) is 2. The van der Waals surface area contributed by atoms with Crippen LogP contribution in [0, 0.1) is 0 Å². The van der Waals surface area contributed by atoms with Crippen LogP contribution in [0.3, 0.4) is 0 Å². The molecule has 0 unspecified atom stereocenters. The number of hydrogen-bond acceptors (Lipinski definition) is 4. The summed E-state index contributed by atoms with van der Waals surface area (Å²) in [7, 11) is 2.86. The van der Waals surface area contributed by atoms with Crippen LogP contribution in [0.15, 0.2) is 0 Å². The molecule has 0 bridgehead atoms. The molecule has 0 rings (SSSR count). The van der Waals surface area contributed by atoms with Gasteiger partial charge in [-0.05, 0) is 0 Å². The predicted molar refractivity (Wildman–Crippen MR) is 49.9 cm³/mol. The summed E-state index contributed by atoms with van der Waals surface area (Å²) in [5.74, 6) is -0.345. The topological polar surface area (TPSA) is 76.7 Å². The maximum Gasteiger partial charge on any atom is 0.314 e. The fourth-order valence-corrected chi connectivity index (χ4v) is 0.709. The highest BCUT2D eigenvalue weighted by Gasteiger charge is 2.02. The molecule has 6 nitrogen and oxygen atoms in total. The van der Waals surface area contributed by atoms with Gasteiger partial charge < -0.3 is 20.1 Å². The Morgan fingerprint density at radius 2 is 1.79 bits per heavy atom. The largest absolute Gasteiger partial charge is 0.469 e. The van der Waals surface area contributed by atoms with Gasteiger partial charge in [0.1, 0.15) is 0 Å². The molecular weight excluding hydrogens is 188 g/mol. The molecule has 0 aromatic carbocycles. The van der Waals surface area contributed by atoms with Gasteiger partial charge in [-0.3, -0.25) is 4.79 Å². The Hall–Kier alpha value is -1.30. The number of rotatable bonds is 6. The SMILES string of the molecule is COCCNC(=O)NCCC(=O)OC. The molecule has 2 N–H and O–H groups in total. The summed E-state index contributed by atoms with van der Waals surface area (Å²) in [5, 5.41) is 5.05. The lowest BCUT2D eigenvalue weighted by Gasteiger charge is -2.05. The summed E-state index contributed by atoms with van der Waals surface area (Å²) in [6.07, 6.45) is 0.175. The van der Waals surface area contributed by atoms with Gasteiger partial charge in [0, 0.05) is 20.2 Å². The maximum absolute atomic E-state index is 11.0. The first-order valence-electron chi connectivity index (χ1n) is 4.28. The van der Waals surface area contributed by atoms with Gasteiger partial charge in [0.25, 0.3) is 0 Å². The zero-order valence-corrected chi connectivity index (χ0v) is 8.46. The normalized spacial score (nSPS) is 9.29. The molecule has 0 heterocycles. The third kappa shape index (κ3) is 7.35. The van der Waals surface area contributed by atoms with E-state index in [1.165, 1.54) is 7.11 Å². The number of amides is 2. The molecule has 0 aliphatic rings. The number of carbonyl (C=O) groups excluding carboxylic acids is 2. The third-order valence-electron chi connectivity index (χ3n) is 1.43. The summed E-state index contributed by atoms with van der Waals surface area (Å²) in [4.78, 5) is 21.6. The monoisotopic (exact) mass is 204 g/mol. The van der Waals surface area contributed by atoms with Crippen LogP contribution in [0.5, 0.6) is 0 Å². The lowest BCUT2D eigenvalue weighted by atomic mass is 10.4. The van der Waals surface area contributed by atoms with Gasteiger partial charge in [0.2, 0.25) is 0 Å². The molecule has 0 saturated carbocycles. The molecule has 0 aromatic rings. The van der Waals surface area contributed by atoms with Crippen molar-refractivity contribution in [2.75, 3.05) is 33.9 Å². The molecule has 2 amide bonds. The minimum atomic E-state index is -0.345.